The summed E-state index contributed by atoms with van der Waals surface area (Å²) in [7, 11) is 0. The SMILES string of the molecule is Cc1sc2nc(SCC(=O)NC(C)(C)C)n(C3CCCC3)c(=O)c2c1C. The summed E-state index contributed by atoms with van der Waals surface area (Å²) in [5, 5.41) is 4.40. The molecule has 1 fully saturated rings. The van der Waals surface area contributed by atoms with Crippen molar-refractivity contribution in [1.82, 2.24) is 14.9 Å². The number of aryl methyl sites for hydroxylation is 2. The van der Waals surface area contributed by atoms with Crippen LogP contribution >= 0.6 is 23.1 Å². The lowest BCUT2D eigenvalue weighted by Gasteiger charge is -2.21. The molecular weight excluding hydrogens is 366 g/mol. The number of hydrogen-bond donors (Lipinski definition) is 1. The lowest BCUT2D eigenvalue weighted by molar-refractivity contribution is -0.119. The third-order valence-corrected chi connectivity index (χ3v) is 6.79. The highest BCUT2D eigenvalue weighted by Gasteiger charge is 2.25. The predicted octanol–water partition coefficient (Wildman–Crippen LogP) is 4.20. The van der Waals surface area contributed by atoms with Crippen LogP contribution in [0.5, 0.6) is 0 Å². The highest BCUT2D eigenvalue weighted by molar-refractivity contribution is 7.99. The van der Waals surface area contributed by atoms with E-state index in [0.29, 0.717) is 5.16 Å². The Balaban J connectivity index is 1.98. The Labute approximate surface area is 162 Å². The molecule has 0 aromatic carbocycles. The second-order valence-corrected chi connectivity index (χ2v) is 10.2. The van der Waals surface area contributed by atoms with Crippen LogP contribution in [-0.2, 0) is 4.79 Å². The molecule has 0 aliphatic heterocycles. The van der Waals surface area contributed by atoms with Gasteiger partial charge in [0.1, 0.15) is 4.83 Å². The quantitative estimate of drug-likeness (QED) is 0.625. The first-order valence-electron chi connectivity index (χ1n) is 9.13. The fourth-order valence-electron chi connectivity index (χ4n) is 3.46. The Morgan fingerprint density at radius 1 is 1.31 bits per heavy atom. The van der Waals surface area contributed by atoms with Gasteiger partial charge in [-0.1, -0.05) is 24.6 Å². The molecule has 0 spiro atoms. The van der Waals surface area contributed by atoms with Crippen molar-refractivity contribution < 1.29 is 4.79 Å². The number of amides is 1. The first-order chi connectivity index (χ1) is 12.2. The third-order valence-electron chi connectivity index (χ3n) is 4.74. The van der Waals surface area contributed by atoms with Gasteiger partial charge in [0, 0.05) is 16.5 Å². The maximum Gasteiger partial charge on any atom is 0.263 e. The van der Waals surface area contributed by atoms with Crippen LogP contribution in [0.15, 0.2) is 9.95 Å². The van der Waals surface area contributed by atoms with E-state index >= 15 is 0 Å². The van der Waals surface area contributed by atoms with E-state index in [0.717, 1.165) is 46.3 Å². The molecule has 2 heterocycles. The van der Waals surface area contributed by atoms with E-state index < -0.39 is 0 Å². The first kappa shape index (κ1) is 19.4. The number of thiophene rings is 1. The number of rotatable bonds is 4. The minimum atomic E-state index is -0.262. The van der Waals surface area contributed by atoms with Gasteiger partial charge in [-0.2, -0.15) is 0 Å². The highest BCUT2D eigenvalue weighted by Crippen LogP contribution is 2.34. The zero-order valence-electron chi connectivity index (χ0n) is 16.1. The summed E-state index contributed by atoms with van der Waals surface area (Å²) in [5.41, 5.74) is 0.834. The van der Waals surface area contributed by atoms with E-state index in [1.807, 2.05) is 39.2 Å². The summed E-state index contributed by atoms with van der Waals surface area (Å²) < 4.78 is 1.86. The van der Waals surface area contributed by atoms with Gasteiger partial charge in [-0.05, 0) is 53.0 Å². The first-order valence-corrected chi connectivity index (χ1v) is 10.9. The van der Waals surface area contributed by atoms with Crippen LogP contribution in [0.25, 0.3) is 10.2 Å². The van der Waals surface area contributed by atoms with E-state index in [1.54, 1.807) is 11.3 Å². The molecular formula is C19H27N3O2S2. The molecule has 0 saturated heterocycles. The standard InChI is InChI=1S/C19H27N3O2S2/c1-11-12(2)26-16-15(11)17(24)22(13-8-6-7-9-13)18(20-16)25-10-14(23)21-19(3,4)5/h13H,6-10H2,1-5H3,(H,21,23). The molecule has 0 bridgehead atoms. The van der Waals surface area contributed by atoms with Crippen molar-refractivity contribution in [3.63, 3.8) is 0 Å². The number of carbonyl (C=O) groups is 1. The molecule has 1 N–H and O–H groups in total. The van der Waals surface area contributed by atoms with Crippen LogP contribution in [0.2, 0.25) is 0 Å². The number of fused-ring (bicyclic) bond motifs is 1. The minimum absolute atomic E-state index is 0.0339. The largest absolute Gasteiger partial charge is 0.351 e. The third kappa shape index (κ3) is 3.98. The van der Waals surface area contributed by atoms with Crippen molar-refractivity contribution in [3.8, 4) is 0 Å². The second kappa shape index (κ2) is 7.35. The molecule has 0 unspecified atom stereocenters. The lowest BCUT2D eigenvalue weighted by atomic mass is 10.1. The molecule has 1 aliphatic carbocycles. The predicted molar refractivity (Wildman–Crippen MR) is 109 cm³/mol. The van der Waals surface area contributed by atoms with Gasteiger partial charge < -0.3 is 5.32 Å². The van der Waals surface area contributed by atoms with Gasteiger partial charge in [-0.3, -0.25) is 14.2 Å². The number of hydrogen-bond acceptors (Lipinski definition) is 5. The molecule has 2 aromatic heterocycles. The smallest absolute Gasteiger partial charge is 0.263 e. The maximum atomic E-state index is 13.3. The molecule has 1 saturated carbocycles. The fourth-order valence-corrected chi connectivity index (χ4v) is 5.40. The van der Waals surface area contributed by atoms with Crippen molar-refractivity contribution in [2.24, 2.45) is 0 Å². The number of nitrogens with zero attached hydrogens (tertiary/aromatic N) is 2. The molecule has 1 amide bonds. The molecule has 3 rings (SSSR count). The molecule has 0 atom stereocenters. The lowest BCUT2D eigenvalue weighted by Crippen LogP contribution is -2.41. The van der Waals surface area contributed by atoms with E-state index in [9.17, 15) is 9.59 Å². The van der Waals surface area contributed by atoms with Crippen LogP contribution in [0, 0.1) is 13.8 Å². The van der Waals surface area contributed by atoms with Gasteiger partial charge >= 0.3 is 0 Å². The van der Waals surface area contributed by atoms with E-state index in [-0.39, 0.29) is 28.8 Å². The van der Waals surface area contributed by atoms with Crippen molar-refractivity contribution in [3.05, 3.63) is 20.8 Å². The molecule has 7 heteroatoms. The topological polar surface area (TPSA) is 64.0 Å². The Morgan fingerprint density at radius 3 is 2.58 bits per heavy atom. The van der Waals surface area contributed by atoms with Gasteiger partial charge in [0.25, 0.3) is 5.56 Å². The molecule has 0 radical (unpaired) electrons. The van der Waals surface area contributed by atoms with Gasteiger partial charge in [-0.15, -0.1) is 11.3 Å². The maximum absolute atomic E-state index is 13.3. The Hall–Kier alpha value is -1.34. The molecule has 1 aliphatic rings. The Kier molecular flexibility index (Phi) is 5.49. The van der Waals surface area contributed by atoms with Gasteiger partial charge in [-0.25, -0.2) is 4.98 Å². The summed E-state index contributed by atoms with van der Waals surface area (Å²) in [4.78, 5) is 32.2. The summed E-state index contributed by atoms with van der Waals surface area (Å²) in [5.74, 6) is 0.235. The Morgan fingerprint density at radius 2 is 1.96 bits per heavy atom. The van der Waals surface area contributed by atoms with Crippen molar-refractivity contribution in [2.75, 3.05) is 5.75 Å². The van der Waals surface area contributed by atoms with Gasteiger partial charge in [0.15, 0.2) is 5.16 Å². The van der Waals surface area contributed by atoms with Crippen LogP contribution in [0.3, 0.4) is 0 Å². The Bertz CT molecular complexity index is 887. The number of aromatic nitrogens is 2. The number of thioether (sulfide) groups is 1. The molecule has 5 nitrogen and oxygen atoms in total. The van der Waals surface area contributed by atoms with Crippen molar-refractivity contribution in [1.29, 1.82) is 0 Å². The average molecular weight is 394 g/mol. The molecule has 26 heavy (non-hydrogen) atoms. The second-order valence-electron chi connectivity index (χ2n) is 8.06. The van der Waals surface area contributed by atoms with Gasteiger partial charge in [0.05, 0.1) is 11.1 Å². The number of carbonyl (C=O) groups excluding carboxylic acids is 1. The zero-order chi connectivity index (χ0) is 19.1. The monoisotopic (exact) mass is 393 g/mol. The van der Waals surface area contributed by atoms with Gasteiger partial charge in [0.2, 0.25) is 5.91 Å². The average Bonchev–Trinajstić information content (AvgIpc) is 3.13. The van der Waals surface area contributed by atoms with Crippen LogP contribution in [0.1, 0.15) is 62.9 Å². The zero-order valence-corrected chi connectivity index (χ0v) is 17.8. The fraction of sp³-hybridized carbons (Fsp3) is 0.632. The summed E-state index contributed by atoms with van der Waals surface area (Å²) in [6.07, 6.45) is 4.31. The van der Waals surface area contributed by atoms with Crippen LogP contribution in [-0.4, -0.2) is 26.8 Å². The normalized spacial score (nSPS) is 15.7. The van der Waals surface area contributed by atoms with E-state index in [1.165, 1.54) is 11.8 Å². The highest BCUT2D eigenvalue weighted by atomic mass is 32.2. The van der Waals surface area contributed by atoms with Crippen LogP contribution < -0.4 is 10.9 Å². The number of nitrogens with one attached hydrogen (secondary N) is 1. The minimum Gasteiger partial charge on any atom is -0.351 e. The summed E-state index contributed by atoms with van der Waals surface area (Å²) in [6.45, 7) is 9.92. The summed E-state index contributed by atoms with van der Waals surface area (Å²) in [6, 6.07) is 0.201. The van der Waals surface area contributed by atoms with Crippen molar-refractivity contribution >= 4 is 39.2 Å². The molecule has 142 valence electrons. The summed E-state index contributed by atoms with van der Waals surface area (Å²) >= 11 is 2.94. The molecule has 2 aromatic rings. The van der Waals surface area contributed by atoms with Crippen LogP contribution in [0.4, 0.5) is 0 Å². The van der Waals surface area contributed by atoms with Crippen molar-refractivity contribution in [2.45, 2.75) is 77.0 Å². The van der Waals surface area contributed by atoms with E-state index in [4.69, 9.17) is 4.98 Å². The van der Waals surface area contributed by atoms with E-state index in [2.05, 4.69) is 5.32 Å².